The van der Waals surface area contributed by atoms with Gasteiger partial charge in [0.2, 0.25) is 0 Å². The highest BCUT2D eigenvalue weighted by atomic mass is 15.2. The molecule has 4 nitrogen and oxygen atoms in total. The Morgan fingerprint density at radius 3 is 1.85 bits per heavy atom. The first kappa shape index (κ1) is 26.7. The van der Waals surface area contributed by atoms with E-state index in [1.54, 1.807) is 0 Å². The summed E-state index contributed by atoms with van der Waals surface area (Å²) in [6.45, 7) is 0. The van der Waals surface area contributed by atoms with Crippen LogP contribution in [-0.4, -0.2) is 14.5 Å². The van der Waals surface area contributed by atoms with E-state index in [9.17, 15) is 0 Å². The normalized spacial score (nSPS) is 11.8. The molecule has 0 spiro atoms. The van der Waals surface area contributed by atoms with Crippen molar-refractivity contribution in [2.24, 2.45) is 0 Å². The molecule has 0 bridgehead atoms. The van der Waals surface area contributed by atoms with Crippen molar-refractivity contribution < 1.29 is 0 Å². The number of hydrogen-bond acceptors (Lipinski definition) is 3. The number of nitrogens with zero attached hydrogens (tertiary/aromatic N) is 4. The molecule has 0 atom stereocenters. The Labute approximate surface area is 277 Å². The van der Waals surface area contributed by atoms with Gasteiger partial charge in [-0.15, -0.1) is 0 Å². The lowest BCUT2D eigenvalue weighted by molar-refractivity contribution is 1.13. The van der Waals surface area contributed by atoms with Gasteiger partial charge in [-0.25, -0.2) is 9.97 Å². The molecule has 4 heteroatoms. The smallest absolute Gasteiger partial charge is 0.138 e. The van der Waals surface area contributed by atoms with Crippen LogP contribution in [-0.2, 0) is 0 Å². The third-order valence-electron chi connectivity index (χ3n) is 9.62. The van der Waals surface area contributed by atoms with E-state index in [2.05, 4.69) is 141 Å². The zero-order valence-corrected chi connectivity index (χ0v) is 26.0. The predicted octanol–water partition coefficient (Wildman–Crippen LogP) is 11.6. The SMILES string of the molecule is c1ccc(-n2c3ccccc3c3cc4ccc5c(-c6ccc(N(c7ccccn7)c7ccccn7)cc6)ccc6ccc(c4c65)c32)cc1. The fourth-order valence-electron chi connectivity index (χ4n) is 7.57. The van der Waals surface area contributed by atoms with E-state index in [0.717, 1.165) is 17.3 Å². The molecule has 3 aromatic heterocycles. The van der Waals surface area contributed by atoms with Gasteiger partial charge >= 0.3 is 0 Å². The highest BCUT2D eigenvalue weighted by Crippen LogP contribution is 2.45. The van der Waals surface area contributed by atoms with Gasteiger partial charge in [0.05, 0.1) is 11.0 Å². The maximum atomic E-state index is 4.65. The molecule has 10 rings (SSSR count). The second-order valence-electron chi connectivity index (χ2n) is 12.3. The molecule has 10 aromatic rings. The maximum Gasteiger partial charge on any atom is 0.138 e. The standard InChI is InChI=1S/C44H28N4/c1-2-10-32(11-3-1)47-39-13-5-4-12-35(39)38-28-31-20-24-36-34(23-18-30-19-25-37(44(38)47)43(31)42(30)36)29-16-21-33(22-17-29)48(40-14-6-8-26-45-40)41-15-7-9-27-46-41/h1-28H. The van der Waals surface area contributed by atoms with Gasteiger partial charge < -0.3 is 4.57 Å². The maximum absolute atomic E-state index is 4.65. The van der Waals surface area contributed by atoms with Gasteiger partial charge in [-0.05, 0) is 98.7 Å². The molecule has 7 aromatic carbocycles. The monoisotopic (exact) mass is 612 g/mol. The van der Waals surface area contributed by atoms with Crippen molar-refractivity contribution >= 4 is 71.4 Å². The summed E-state index contributed by atoms with van der Waals surface area (Å²) in [4.78, 5) is 11.4. The molecule has 0 radical (unpaired) electrons. The topological polar surface area (TPSA) is 34.0 Å². The fourth-order valence-corrected chi connectivity index (χ4v) is 7.57. The number of aromatic nitrogens is 3. The average molecular weight is 613 g/mol. The van der Waals surface area contributed by atoms with Crippen LogP contribution in [0.15, 0.2) is 170 Å². The highest BCUT2D eigenvalue weighted by Gasteiger charge is 2.20. The molecule has 0 fully saturated rings. The summed E-state index contributed by atoms with van der Waals surface area (Å²) in [5.41, 5.74) is 7.04. The number of anilines is 3. The molecule has 3 heterocycles. The van der Waals surface area contributed by atoms with Crippen molar-refractivity contribution in [3.8, 4) is 16.8 Å². The Morgan fingerprint density at radius 1 is 0.458 bits per heavy atom. The van der Waals surface area contributed by atoms with E-state index < -0.39 is 0 Å². The van der Waals surface area contributed by atoms with Crippen molar-refractivity contribution in [3.63, 3.8) is 0 Å². The fraction of sp³-hybridized carbons (Fsp3) is 0. The van der Waals surface area contributed by atoms with Gasteiger partial charge in [0.15, 0.2) is 0 Å². The van der Waals surface area contributed by atoms with Crippen LogP contribution in [0.5, 0.6) is 0 Å². The molecular formula is C44H28N4. The molecule has 0 N–H and O–H groups in total. The van der Waals surface area contributed by atoms with Crippen LogP contribution in [0.4, 0.5) is 17.3 Å². The summed E-state index contributed by atoms with van der Waals surface area (Å²) in [6.07, 6.45) is 3.63. The third kappa shape index (κ3) is 3.96. The second kappa shape index (κ2) is 10.5. The van der Waals surface area contributed by atoms with Crippen LogP contribution < -0.4 is 4.90 Å². The van der Waals surface area contributed by atoms with E-state index in [0.29, 0.717) is 0 Å². The molecule has 0 unspecified atom stereocenters. The van der Waals surface area contributed by atoms with Crippen LogP contribution in [0, 0.1) is 0 Å². The number of rotatable bonds is 5. The van der Waals surface area contributed by atoms with Crippen molar-refractivity contribution in [2.45, 2.75) is 0 Å². The first-order chi connectivity index (χ1) is 23.8. The van der Waals surface area contributed by atoms with E-state index in [4.69, 9.17) is 0 Å². The van der Waals surface area contributed by atoms with E-state index >= 15 is 0 Å². The summed E-state index contributed by atoms with van der Waals surface area (Å²) in [7, 11) is 0. The number of fused-ring (bicyclic) bond motifs is 4. The number of hydrogen-bond donors (Lipinski definition) is 0. The Kier molecular flexibility index (Phi) is 5.84. The molecule has 0 aliphatic rings. The van der Waals surface area contributed by atoms with Crippen LogP contribution in [0.25, 0.3) is 70.9 Å². The lowest BCUT2D eigenvalue weighted by atomic mass is 9.89. The average Bonchev–Trinajstić information content (AvgIpc) is 3.49. The zero-order valence-electron chi connectivity index (χ0n) is 26.0. The first-order valence-corrected chi connectivity index (χ1v) is 16.3. The summed E-state index contributed by atoms with van der Waals surface area (Å²) >= 11 is 0. The molecule has 0 aliphatic heterocycles. The predicted molar refractivity (Wildman–Crippen MR) is 200 cm³/mol. The summed E-state index contributed by atoms with van der Waals surface area (Å²) in [5.74, 6) is 1.65. The summed E-state index contributed by atoms with van der Waals surface area (Å²) < 4.78 is 2.44. The van der Waals surface area contributed by atoms with E-state index in [1.807, 2.05) is 48.8 Å². The Morgan fingerprint density at radius 2 is 1.10 bits per heavy atom. The second-order valence-corrected chi connectivity index (χ2v) is 12.3. The van der Waals surface area contributed by atoms with Crippen molar-refractivity contribution in [2.75, 3.05) is 4.90 Å². The molecule has 0 amide bonds. The van der Waals surface area contributed by atoms with Gasteiger partial charge in [-0.3, -0.25) is 4.90 Å². The van der Waals surface area contributed by atoms with Crippen molar-refractivity contribution in [1.82, 2.24) is 14.5 Å². The van der Waals surface area contributed by atoms with Gasteiger partial charge in [-0.2, -0.15) is 0 Å². The van der Waals surface area contributed by atoms with Gasteiger partial charge in [-0.1, -0.05) is 97.1 Å². The van der Waals surface area contributed by atoms with E-state index in [1.165, 1.54) is 70.9 Å². The number of pyridine rings is 2. The van der Waals surface area contributed by atoms with Crippen molar-refractivity contribution in [1.29, 1.82) is 0 Å². The van der Waals surface area contributed by atoms with Crippen LogP contribution in [0.2, 0.25) is 0 Å². The largest absolute Gasteiger partial charge is 0.309 e. The van der Waals surface area contributed by atoms with Gasteiger partial charge in [0.1, 0.15) is 11.6 Å². The van der Waals surface area contributed by atoms with Crippen LogP contribution in [0.1, 0.15) is 0 Å². The minimum atomic E-state index is 0.825. The van der Waals surface area contributed by atoms with Crippen molar-refractivity contribution in [3.05, 3.63) is 170 Å². The quantitative estimate of drug-likeness (QED) is 0.181. The zero-order chi connectivity index (χ0) is 31.6. The number of benzene rings is 7. The number of para-hydroxylation sites is 2. The summed E-state index contributed by atoms with van der Waals surface area (Å²) in [5, 5.41) is 10.2. The minimum absolute atomic E-state index is 0.825. The lowest BCUT2D eigenvalue weighted by Crippen LogP contribution is -2.12. The van der Waals surface area contributed by atoms with Gasteiger partial charge in [0, 0.05) is 39.9 Å². The Balaban J connectivity index is 1.18. The molecule has 0 saturated carbocycles. The molecular weight excluding hydrogens is 585 g/mol. The highest BCUT2D eigenvalue weighted by molar-refractivity contribution is 6.32. The Bertz CT molecular complexity index is 2710. The van der Waals surface area contributed by atoms with Crippen LogP contribution in [0.3, 0.4) is 0 Å². The molecule has 48 heavy (non-hydrogen) atoms. The summed E-state index contributed by atoms with van der Waals surface area (Å²) in [6, 6.07) is 56.3. The third-order valence-corrected chi connectivity index (χ3v) is 9.62. The Hall–Kier alpha value is -6.52. The van der Waals surface area contributed by atoms with Gasteiger partial charge in [0.25, 0.3) is 0 Å². The molecule has 0 saturated heterocycles. The molecule has 224 valence electrons. The van der Waals surface area contributed by atoms with Crippen LogP contribution >= 0.6 is 0 Å². The first-order valence-electron chi connectivity index (χ1n) is 16.3. The molecule has 0 aliphatic carbocycles. The lowest BCUT2D eigenvalue weighted by Gasteiger charge is -2.23. The van der Waals surface area contributed by atoms with E-state index in [-0.39, 0.29) is 0 Å². The minimum Gasteiger partial charge on any atom is -0.309 e.